The van der Waals surface area contributed by atoms with Gasteiger partial charge in [-0.3, -0.25) is 4.68 Å². The SMILES string of the molecule is CCn1cc(OC[C@@]2(c3cccc(F)c3)C[C@H]2CO)c(C)n1. The summed E-state index contributed by atoms with van der Waals surface area (Å²) in [7, 11) is 0. The van der Waals surface area contributed by atoms with Gasteiger partial charge < -0.3 is 9.84 Å². The summed E-state index contributed by atoms with van der Waals surface area (Å²) in [5.74, 6) is 0.618. The van der Waals surface area contributed by atoms with Gasteiger partial charge in [-0.1, -0.05) is 12.1 Å². The van der Waals surface area contributed by atoms with Gasteiger partial charge >= 0.3 is 0 Å². The minimum absolute atomic E-state index is 0.0904. The lowest BCUT2D eigenvalue weighted by Gasteiger charge is -2.18. The normalized spacial score (nSPS) is 23.5. The minimum atomic E-state index is -0.294. The number of hydrogen-bond acceptors (Lipinski definition) is 3. The van der Waals surface area contributed by atoms with E-state index in [2.05, 4.69) is 5.10 Å². The summed E-state index contributed by atoms with van der Waals surface area (Å²) in [6.07, 6.45) is 2.69. The van der Waals surface area contributed by atoms with Crippen molar-refractivity contribution in [3.8, 4) is 5.75 Å². The molecule has 0 bridgehead atoms. The van der Waals surface area contributed by atoms with Crippen LogP contribution in [0.5, 0.6) is 5.75 Å². The fourth-order valence-corrected chi connectivity index (χ4v) is 3.04. The number of halogens is 1. The minimum Gasteiger partial charge on any atom is -0.489 e. The number of benzene rings is 1. The van der Waals surface area contributed by atoms with Crippen molar-refractivity contribution in [3.63, 3.8) is 0 Å². The van der Waals surface area contributed by atoms with E-state index in [1.807, 2.05) is 30.8 Å². The summed E-state index contributed by atoms with van der Waals surface area (Å²) in [6, 6.07) is 6.59. The number of aliphatic hydroxyl groups is 1. The van der Waals surface area contributed by atoms with Crippen LogP contribution in [0.2, 0.25) is 0 Å². The van der Waals surface area contributed by atoms with Gasteiger partial charge in [-0.05, 0) is 43.9 Å². The van der Waals surface area contributed by atoms with E-state index >= 15 is 0 Å². The molecule has 0 spiro atoms. The molecule has 4 nitrogen and oxygen atoms in total. The first-order valence-corrected chi connectivity index (χ1v) is 7.63. The molecule has 0 amide bonds. The standard InChI is InChI=1S/C17H21FN2O2/c1-3-20-9-16(12(2)19-20)22-11-17(8-14(17)10-21)13-5-4-6-15(18)7-13/h4-7,9,14,21H,3,8,10-11H2,1-2H3/t14-,17+/m0/s1. The molecule has 1 aromatic carbocycles. The average Bonchev–Trinajstić information content (AvgIpc) is 3.14. The van der Waals surface area contributed by atoms with Crippen molar-refractivity contribution in [1.82, 2.24) is 9.78 Å². The molecule has 22 heavy (non-hydrogen) atoms. The van der Waals surface area contributed by atoms with Crippen molar-refractivity contribution in [2.24, 2.45) is 5.92 Å². The van der Waals surface area contributed by atoms with Gasteiger partial charge in [0.05, 0.1) is 12.8 Å². The molecule has 0 aliphatic heterocycles. The van der Waals surface area contributed by atoms with Crippen LogP contribution in [0, 0.1) is 18.7 Å². The highest BCUT2D eigenvalue weighted by molar-refractivity contribution is 5.35. The molecule has 1 fully saturated rings. The van der Waals surface area contributed by atoms with Crippen LogP contribution in [-0.4, -0.2) is 28.1 Å². The van der Waals surface area contributed by atoms with Crippen LogP contribution in [-0.2, 0) is 12.0 Å². The second kappa shape index (κ2) is 5.72. The molecule has 3 rings (SSSR count). The Hall–Kier alpha value is -1.88. The Balaban J connectivity index is 1.79. The van der Waals surface area contributed by atoms with Crippen molar-refractivity contribution in [1.29, 1.82) is 0 Å². The molecule has 1 N–H and O–H groups in total. The summed E-state index contributed by atoms with van der Waals surface area (Å²) in [5, 5.41) is 13.9. The fourth-order valence-electron chi connectivity index (χ4n) is 3.04. The zero-order valence-corrected chi connectivity index (χ0v) is 12.9. The third-order valence-corrected chi connectivity index (χ3v) is 4.56. The van der Waals surface area contributed by atoms with Crippen LogP contribution in [0.15, 0.2) is 30.5 Å². The van der Waals surface area contributed by atoms with Crippen LogP contribution in [0.1, 0.15) is 24.6 Å². The van der Waals surface area contributed by atoms with Crippen molar-refractivity contribution >= 4 is 0 Å². The summed E-state index contributed by atoms with van der Waals surface area (Å²) in [4.78, 5) is 0. The van der Waals surface area contributed by atoms with E-state index in [4.69, 9.17) is 4.74 Å². The quantitative estimate of drug-likeness (QED) is 0.892. The molecule has 118 valence electrons. The Morgan fingerprint density at radius 2 is 2.32 bits per heavy atom. The predicted molar refractivity (Wildman–Crippen MR) is 81.4 cm³/mol. The molecule has 2 atom stereocenters. The molecule has 1 heterocycles. The van der Waals surface area contributed by atoms with Crippen molar-refractivity contribution in [2.45, 2.75) is 32.2 Å². The number of rotatable bonds is 6. The number of aryl methyl sites for hydroxylation is 2. The summed E-state index contributed by atoms with van der Waals surface area (Å²) < 4.78 is 21.3. The smallest absolute Gasteiger partial charge is 0.160 e. The van der Waals surface area contributed by atoms with Crippen molar-refractivity contribution in [2.75, 3.05) is 13.2 Å². The predicted octanol–water partition coefficient (Wildman–Crippen LogP) is 2.68. The maximum Gasteiger partial charge on any atom is 0.160 e. The molecule has 1 saturated carbocycles. The summed E-state index contributed by atoms with van der Waals surface area (Å²) in [6.45, 7) is 5.24. The van der Waals surface area contributed by atoms with Gasteiger partial charge in [-0.25, -0.2) is 4.39 Å². The Morgan fingerprint density at radius 1 is 1.50 bits per heavy atom. The third kappa shape index (κ3) is 2.61. The van der Waals surface area contributed by atoms with Crippen molar-refractivity contribution < 1.29 is 14.2 Å². The Morgan fingerprint density at radius 3 is 2.91 bits per heavy atom. The number of aliphatic hydroxyl groups excluding tert-OH is 1. The first-order valence-electron chi connectivity index (χ1n) is 7.63. The highest BCUT2D eigenvalue weighted by Gasteiger charge is 2.55. The van der Waals surface area contributed by atoms with E-state index in [0.29, 0.717) is 6.61 Å². The monoisotopic (exact) mass is 304 g/mol. The van der Waals surface area contributed by atoms with E-state index in [9.17, 15) is 9.50 Å². The third-order valence-electron chi connectivity index (χ3n) is 4.56. The molecular weight excluding hydrogens is 283 g/mol. The first kappa shape index (κ1) is 15.0. The lowest BCUT2D eigenvalue weighted by Crippen LogP contribution is -2.22. The second-order valence-corrected chi connectivity index (χ2v) is 5.97. The van der Waals surface area contributed by atoms with E-state index in [1.54, 1.807) is 12.1 Å². The number of ether oxygens (including phenoxy) is 1. The summed E-state index contributed by atoms with van der Waals surface area (Å²) in [5.41, 5.74) is 1.45. The van der Waals surface area contributed by atoms with E-state index < -0.39 is 0 Å². The fraction of sp³-hybridized carbons (Fsp3) is 0.471. The number of hydrogen-bond donors (Lipinski definition) is 1. The van der Waals surface area contributed by atoms with Crippen molar-refractivity contribution in [3.05, 3.63) is 47.5 Å². The molecule has 0 radical (unpaired) electrons. The molecular formula is C17H21FN2O2. The van der Waals surface area contributed by atoms with E-state index in [-0.39, 0.29) is 23.8 Å². The maximum atomic E-state index is 13.5. The molecule has 1 aliphatic rings. The lowest BCUT2D eigenvalue weighted by molar-refractivity contribution is 0.225. The van der Waals surface area contributed by atoms with Gasteiger partial charge in [0.15, 0.2) is 5.75 Å². The van der Waals surface area contributed by atoms with Crippen LogP contribution >= 0.6 is 0 Å². The molecule has 0 saturated heterocycles. The van der Waals surface area contributed by atoms with Gasteiger partial charge in [0, 0.05) is 18.6 Å². The highest BCUT2D eigenvalue weighted by Crippen LogP contribution is 2.54. The Labute approximate surface area is 129 Å². The largest absolute Gasteiger partial charge is 0.489 e. The average molecular weight is 304 g/mol. The van der Waals surface area contributed by atoms with Crippen LogP contribution in [0.3, 0.4) is 0 Å². The topological polar surface area (TPSA) is 47.3 Å². The zero-order valence-electron chi connectivity index (χ0n) is 12.9. The molecule has 0 unspecified atom stereocenters. The van der Waals surface area contributed by atoms with Crippen LogP contribution in [0.4, 0.5) is 4.39 Å². The molecule has 5 heteroatoms. The summed E-state index contributed by atoms with van der Waals surface area (Å²) >= 11 is 0. The van der Waals surface area contributed by atoms with E-state index in [1.165, 1.54) is 6.07 Å². The maximum absolute atomic E-state index is 13.5. The van der Waals surface area contributed by atoms with Gasteiger partial charge in [0.1, 0.15) is 11.5 Å². The molecule has 2 aromatic rings. The Kier molecular flexibility index (Phi) is 3.91. The van der Waals surface area contributed by atoms with E-state index in [0.717, 1.165) is 30.0 Å². The van der Waals surface area contributed by atoms with Gasteiger partial charge in [0.2, 0.25) is 0 Å². The molecule has 1 aromatic heterocycles. The second-order valence-electron chi connectivity index (χ2n) is 5.97. The van der Waals surface area contributed by atoms with Gasteiger partial charge in [-0.15, -0.1) is 0 Å². The Bertz CT molecular complexity index is 670. The number of aromatic nitrogens is 2. The first-order chi connectivity index (χ1) is 10.6. The number of nitrogens with zero attached hydrogens (tertiary/aromatic N) is 2. The molecule has 1 aliphatic carbocycles. The van der Waals surface area contributed by atoms with Crippen LogP contribution in [0.25, 0.3) is 0 Å². The highest BCUT2D eigenvalue weighted by atomic mass is 19.1. The van der Waals surface area contributed by atoms with Crippen LogP contribution < -0.4 is 4.74 Å². The van der Waals surface area contributed by atoms with Gasteiger partial charge in [0.25, 0.3) is 0 Å². The van der Waals surface area contributed by atoms with Gasteiger partial charge in [-0.2, -0.15) is 5.10 Å². The zero-order chi connectivity index (χ0) is 15.7. The lowest BCUT2D eigenvalue weighted by atomic mass is 9.94.